The molecule has 0 saturated carbocycles. The number of ether oxygens (including phenoxy) is 1. The fraction of sp³-hybridized carbons (Fsp3) is 0.400. The zero-order valence-electron chi connectivity index (χ0n) is 20.1. The molecule has 6 heterocycles. The summed E-state index contributed by atoms with van der Waals surface area (Å²) in [6, 6.07) is 11.6. The first-order valence-electron chi connectivity index (χ1n) is 12.4. The fourth-order valence-electron chi connectivity index (χ4n) is 4.74. The first kappa shape index (κ1) is 22.5. The third kappa shape index (κ3) is 4.87. The van der Waals surface area contributed by atoms with E-state index in [1.807, 2.05) is 43.3 Å². The zero-order valence-corrected chi connectivity index (χ0v) is 20.1. The van der Waals surface area contributed by atoms with Gasteiger partial charge in [-0.15, -0.1) is 0 Å². The van der Waals surface area contributed by atoms with Gasteiger partial charge in [-0.3, -0.25) is 10.1 Å². The molecule has 2 atom stereocenters. The summed E-state index contributed by atoms with van der Waals surface area (Å²) in [6.07, 6.45) is 6.04. The van der Waals surface area contributed by atoms with Crippen molar-refractivity contribution in [1.29, 1.82) is 0 Å². The van der Waals surface area contributed by atoms with Gasteiger partial charge in [0, 0.05) is 49.8 Å². The van der Waals surface area contributed by atoms with Crippen molar-refractivity contribution in [1.82, 2.24) is 30.3 Å². The Balaban J connectivity index is 1.28. The standard InChI is InChI=1S/C25H29N9O2/c1-16-12-24(32-31-16)28-23-14-22(27-15-17-6-5-11-35-17)29-25(30-23)34-10-4-8-20(34)21-13-19(33-36-21)18-7-2-3-9-26-18/h2-3,7,9,12-14,17,20H,4-6,8,10-11,15H2,1H3,(H3,27,28,29,30,31,32)/t17-,20?/m1/s1. The van der Waals surface area contributed by atoms with Crippen LogP contribution in [0.25, 0.3) is 11.4 Å². The number of aromatic nitrogens is 6. The van der Waals surface area contributed by atoms with Crippen LogP contribution >= 0.6 is 0 Å². The summed E-state index contributed by atoms with van der Waals surface area (Å²) < 4.78 is 11.6. The largest absolute Gasteiger partial charge is 0.376 e. The second-order valence-corrected chi connectivity index (χ2v) is 9.20. The van der Waals surface area contributed by atoms with Gasteiger partial charge in [0.1, 0.15) is 17.3 Å². The lowest BCUT2D eigenvalue weighted by Crippen LogP contribution is -2.25. The van der Waals surface area contributed by atoms with E-state index >= 15 is 0 Å². The first-order chi connectivity index (χ1) is 17.7. The number of hydrogen-bond acceptors (Lipinski definition) is 10. The average Bonchev–Trinajstić information content (AvgIpc) is 3.71. The predicted molar refractivity (Wildman–Crippen MR) is 135 cm³/mol. The summed E-state index contributed by atoms with van der Waals surface area (Å²) in [7, 11) is 0. The number of anilines is 4. The van der Waals surface area contributed by atoms with Gasteiger partial charge in [-0.1, -0.05) is 11.2 Å². The van der Waals surface area contributed by atoms with E-state index in [1.54, 1.807) is 6.20 Å². The van der Waals surface area contributed by atoms with Crippen LogP contribution in [0.5, 0.6) is 0 Å². The Morgan fingerprint density at radius 2 is 2.00 bits per heavy atom. The molecule has 0 amide bonds. The number of rotatable bonds is 8. The lowest BCUT2D eigenvalue weighted by molar-refractivity contribution is 0.120. The van der Waals surface area contributed by atoms with Gasteiger partial charge in [0.25, 0.3) is 0 Å². The Kier molecular flexibility index (Phi) is 6.20. The summed E-state index contributed by atoms with van der Waals surface area (Å²) in [5.74, 6) is 3.52. The molecule has 4 aromatic heterocycles. The van der Waals surface area contributed by atoms with Crippen LogP contribution in [0.4, 0.5) is 23.4 Å². The number of nitrogens with one attached hydrogen (secondary N) is 3. The number of hydrogen-bond donors (Lipinski definition) is 3. The molecule has 11 nitrogen and oxygen atoms in total. The van der Waals surface area contributed by atoms with Crippen LogP contribution in [0.15, 0.2) is 47.1 Å². The second kappa shape index (κ2) is 9.94. The van der Waals surface area contributed by atoms with Crippen molar-refractivity contribution >= 4 is 23.4 Å². The zero-order chi connectivity index (χ0) is 24.3. The molecule has 0 bridgehead atoms. The lowest BCUT2D eigenvalue weighted by atomic mass is 10.1. The third-order valence-corrected chi connectivity index (χ3v) is 6.51. The van der Waals surface area contributed by atoms with Gasteiger partial charge >= 0.3 is 0 Å². The number of aryl methyl sites for hydroxylation is 1. The summed E-state index contributed by atoms with van der Waals surface area (Å²) in [6.45, 7) is 4.31. The minimum absolute atomic E-state index is 0.0103. The van der Waals surface area contributed by atoms with E-state index in [4.69, 9.17) is 19.2 Å². The highest BCUT2D eigenvalue weighted by Crippen LogP contribution is 2.37. The van der Waals surface area contributed by atoms with E-state index in [1.165, 1.54) is 0 Å². The predicted octanol–water partition coefficient (Wildman–Crippen LogP) is 4.23. The maximum Gasteiger partial charge on any atom is 0.229 e. The highest BCUT2D eigenvalue weighted by molar-refractivity contribution is 5.60. The van der Waals surface area contributed by atoms with Gasteiger partial charge in [-0.2, -0.15) is 15.1 Å². The van der Waals surface area contributed by atoms with Crippen molar-refractivity contribution in [3.8, 4) is 11.4 Å². The minimum Gasteiger partial charge on any atom is -0.376 e. The molecule has 186 valence electrons. The van der Waals surface area contributed by atoms with Crippen molar-refractivity contribution in [3.63, 3.8) is 0 Å². The number of aromatic amines is 1. The van der Waals surface area contributed by atoms with Crippen molar-refractivity contribution in [2.75, 3.05) is 35.2 Å². The van der Waals surface area contributed by atoms with E-state index in [0.29, 0.717) is 24.1 Å². The SMILES string of the molecule is Cc1cc(Nc2cc(NC[C@H]3CCCO3)nc(N3CCCC3c3cc(-c4ccccn4)no3)n2)n[nH]1. The second-order valence-electron chi connectivity index (χ2n) is 9.20. The third-order valence-electron chi connectivity index (χ3n) is 6.51. The van der Waals surface area contributed by atoms with Gasteiger partial charge in [0.05, 0.1) is 17.8 Å². The van der Waals surface area contributed by atoms with Gasteiger partial charge in [0.15, 0.2) is 11.6 Å². The van der Waals surface area contributed by atoms with Crippen LogP contribution in [0.2, 0.25) is 0 Å². The molecule has 0 aliphatic carbocycles. The molecule has 2 saturated heterocycles. The smallest absolute Gasteiger partial charge is 0.229 e. The fourth-order valence-corrected chi connectivity index (χ4v) is 4.74. The van der Waals surface area contributed by atoms with E-state index in [9.17, 15) is 0 Å². The van der Waals surface area contributed by atoms with E-state index in [-0.39, 0.29) is 12.1 Å². The molecule has 2 aliphatic rings. The normalized spacial score (nSPS) is 19.6. The topological polar surface area (TPSA) is 130 Å². The molecule has 1 unspecified atom stereocenters. The number of nitrogens with zero attached hydrogens (tertiary/aromatic N) is 6. The summed E-state index contributed by atoms with van der Waals surface area (Å²) in [5.41, 5.74) is 2.48. The Bertz CT molecular complexity index is 1300. The van der Waals surface area contributed by atoms with Crippen LogP contribution in [0.3, 0.4) is 0 Å². The number of pyridine rings is 1. The minimum atomic E-state index is -0.0103. The highest BCUT2D eigenvalue weighted by Gasteiger charge is 2.32. The first-order valence-corrected chi connectivity index (χ1v) is 12.4. The van der Waals surface area contributed by atoms with Crippen molar-refractivity contribution in [2.24, 2.45) is 0 Å². The molecule has 0 radical (unpaired) electrons. The summed E-state index contributed by atoms with van der Waals surface area (Å²) >= 11 is 0. The van der Waals surface area contributed by atoms with Crippen LogP contribution in [-0.4, -0.2) is 56.1 Å². The van der Waals surface area contributed by atoms with Crippen LogP contribution in [0.1, 0.15) is 43.2 Å². The average molecular weight is 488 g/mol. The van der Waals surface area contributed by atoms with E-state index in [0.717, 1.165) is 67.5 Å². The Morgan fingerprint density at radius 3 is 2.81 bits per heavy atom. The van der Waals surface area contributed by atoms with Crippen LogP contribution in [-0.2, 0) is 4.74 Å². The summed E-state index contributed by atoms with van der Waals surface area (Å²) in [4.78, 5) is 16.3. The Morgan fingerprint density at radius 1 is 1.06 bits per heavy atom. The van der Waals surface area contributed by atoms with Crippen LogP contribution < -0.4 is 15.5 Å². The van der Waals surface area contributed by atoms with Crippen molar-refractivity contribution in [3.05, 3.63) is 54.0 Å². The van der Waals surface area contributed by atoms with Crippen LogP contribution in [0, 0.1) is 6.92 Å². The molecule has 11 heteroatoms. The molecule has 36 heavy (non-hydrogen) atoms. The summed E-state index contributed by atoms with van der Waals surface area (Å²) in [5, 5.41) is 18.3. The monoisotopic (exact) mass is 487 g/mol. The Labute approximate surface area is 208 Å². The molecule has 2 aliphatic heterocycles. The number of H-pyrrole nitrogens is 1. The van der Waals surface area contributed by atoms with Gasteiger partial charge in [-0.05, 0) is 44.7 Å². The molecule has 6 rings (SSSR count). The molecule has 2 fully saturated rings. The highest BCUT2D eigenvalue weighted by atomic mass is 16.5. The molecule has 3 N–H and O–H groups in total. The molecular weight excluding hydrogens is 458 g/mol. The van der Waals surface area contributed by atoms with Gasteiger partial charge in [-0.25, -0.2) is 0 Å². The molecule has 0 spiro atoms. The van der Waals surface area contributed by atoms with Crippen molar-refractivity contribution in [2.45, 2.75) is 44.8 Å². The van der Waals surface area contributed by atoms with Crippen molar-refractivity contribution < 1.29 is 9.26 Å². The Hall–Kier alpha value is -3.99. The quantitative estimate of drug-likeness (QED) is 0.332. The van der Waals surface area contributed by atoms with E-state index in [2.05, 4.69) is 35.9 Å². The molecule has 0 aromatic carbocycles. The van der Waals surface area contributed by atoms with E-state index < -0.39 is 0 Å². The van der Waals surface area contributed by atoms with Gasteiger partial charge < -0.3 is 24.8 Å². The maximum absolute atomic E-state index is 5.78. The molecular formula is C25H29N9O2. The maximum atomic E-state index is 5.78. The van der Waals surface area contributed by atoms with Gasteiger partial charge in [0.2, 0.25) is 5.95 Å². The lowest BCUT2D eigenvalue weighted by Gasteiger charge is -2.24. The molecule has 4 aromatic rings.